The minimum Gasteiger partial charge on any atom is -0.339 e. The number of nitrogens with one attached hydrogen (secondary N) is 1. The Morgan fingerprint density at radius 1 is 0.929 bits per heavy atom. The number of carbonyl (C=O) groups is 2. The first-order chi connectivity index (χ1) is 20.1. The maximum absolute atomic E-state index is 14.3. The van der Waals surface area contributed by atoms with Crippen LogP contribution in [0.15, 0.2) is 54.9 Å². The number of amides is 2. The zero-order valence-corrected chi connectivity index (χ0v) is 22.8. The van der Waals surface area contributed by atoms with Gasteiger partial charge in [-0.05, 0) is 68.1 Å². The van der Waals surface area contributed by atoms with Gasteiger partial charge in [0, 0.05) is 48.9 Å². The molecule has 2 aliphatic heterocycles. The topological polar surface area (TPSA) is 83.4 Å². The van der Waals surface area contributed by atoms with Crippen LogP contribution in [0.25, 0.3) is 16.9 Å². The number of carbonyl (C=O) groups excluding carboxylic acids is 2. The third-order valence-corrected chi connectivity index (χ3v) is 8.05. The lowest BCUT2D eigenvalue weighted by Gasteiger charge is -2.43. The number of likely N-dealkylation sites (tertiary alicyclic amines) is 1. The van der Waals surface area contributed by atoms with Crippen molar-refractivity contribution < 1.29 is 27.2 Å². The van der Waals surface area contributed by atoms with Gasteiger partial charge in [-0.2, -0.15) is 5.10 Å². The third kappa shape index (κ3) is 4.47. The largest absolute Gasteiger partial charge is 0.339 e. The number of anilines is 1. The van der Waals surface area contributed by atoms with Crippen LogP contribution in [0.2, 0.25) is 0 Å². The van der Waals surface area contributed by atoms with E-state index >= 15 is 0 Å². The number of pyridine rings is 1. The SMILES string of the molecule is Cc1cc(N2CNC(=O)C23CCN(C(=O)c2cc(-c4cccnc4)n(-c4cc(F)c(F)c(F)c4)n2)CC3)cc(C)c1F. The normalized spacial score (nSPS) is 16.3. The number of benzene rings is 2. The van der Waals surface area contributed by atoms with Crippen molar-refractivity contribution in [2.24, 2.45) is 0 Å². The Kier molecular flexibility index (Phi) is 6.71. The third-order valence-electron chi connectivity index (χ3n) is 8.05. The van der Waals surface area contributed by atoms with Gasteiger partial charge in [-0.25, -0.2) is 22.2 Å². The standard InChI is InChI=1S/C30H26F4N6O2/c1-17-10-20(11-18(2)26(17)33)39-16-36-29(42)30(39)5-8-38(9-6-30)28(41)24-14-25(19-4-3-7-35-15-19)40(37-24)21-12-22(31)27(34)23(32)13-21/h3-4,7,10-15H,5-6,8-9,16H2,1-2H3,(H,36,42). The summed E-state index contributed by atoms with van der Waals surface area (Å²) in [5.74, 6) is -5.27. The fourth-order valence-corrected chi connectivity index (χ4v) is 5.81. The second-order valence-corrected chi connectivity index (χ2v) is 10.6. The highest BCUT2D eigenvalue weighted by Crippen LogP contribution is 2.38. The second kappa shape index (κ2) is 10.3. The van der Waals surface area contributed by atoms with Crippen LogP contribution < -0.4 is 10.2 Å². The van der Waals surface area contributed by atoms with Gasteiger partial charge >= 0.3 is 0 Å². The molecule has 4 heterocycles. The molecule has 0 atom stereocenters. The smallest absolute Gasteiger partial charge is 0.274 e. The van der Waals surface area contributed by atoms with Gasteiger partial charge in [0.15, 0.2) is 23.1 Å². The lowest BCUT2D eigenvalue weighted by molar-refractivity contribution is -0.124. The number of halogens is 4. The summed E-state index contributed by atoms with van der Waals surface area (Å²) >= 11 is 0. The monoisotopic (exact) mass is 578 g/mol. The lowest BCUT2D eigenvalue weighted by atomic mass is 9.85. The molecule has 42 heavy (non-hydrogen) atoms. The van der Waals surface area contributed by atoms with Crippen molar-refractivity contribution >= 4 is 17.5 Å². The highest BCUT2D eigenvalue weighted by atomic mass is 19.2. The summed E-state index contributed by atoms with van der Waals surface area (Å²) in [4.78, 5) is 34.4. The molecular weight excluding hydrogens is 552 g/mol. The number of aryl methyl sites for hydroxylation is 2. The number of hydrogen-bond donors (Lipinski definition) is 1. The van der Waals surface area contributed by atoms with Crippen LogP contribution in [0.4, 0.5) is 23.2 Å². The molecule has 0 saturated carbocycles. The molecule has 2 aromatic heterocycles. The Labute approximate surface area is 238 Å². The fourth-order valence-electron chi connectivity index (χ4n) is 5.81. The van der Waals surface area contributed by atoms with E-state index < -0.39 is 28.9 Å². The number of aromatic nitrogens is 3. The van der Waals surface area contributed by atoms with E-state index in [-0.39, 0.29) is 42.9 Å². The summed E-state index contributed by atoms with van der Waals surface area (Å²) in [6.07, 6.45) is 3.71. The average molecular weight is 579 g/mol. The minimum atomic E-state index is -1.61. The average Bonchev–Trinajstić information content (AvgIpc) is 3.57. The maximum Gasteiger partial charge on any atom is 0.274 e. The quantitative estimate of drug-likeness (QED) is 0.281. The van der Waals surface area contributed by atoms with Crippen molar-refractivity contribution in [2.45, 2.75) is 32.2 Å². The number of hydrogen-bond acceptors (Lipinski definition) is 5. The molecule has 0 unspecified atom stereocenters. The first-order valence-corrected chi connectivity index (χ1v) is 13.4. The van der Waals surface area contributed by atoms with Crippen molar-refractivity contribution in [3.05, 3.63) is 94.9 Å². The van der Waals surface area contributed by atoms with E-state index in [9.17, 15) is 27.2 Å². The summed E-state index contributed by atoms with van der Waals surface area (Å²) in [6.45, 7) is 4.09. The van der Waals surface area contributed by atoms with Crippen molar-refractivity contribution in [3.8, 4) is 16.9 Å². The lowest BCUT2D eigenvalue weighted by Crippen LogP contribution is -2.57. The Morgan fingerprint density at radius 2 is 1.60 bits per heavy atom. The molecule has 2 fully saturated rings. The highest BCUT2D eigenvalue weighted by Gasteiger charge is 2.51. The van der Waals surface area contributed by atoms with E-state index in [1.54, 1.807) is 49.2 Å². The minimum absolute atomic E-state index is 0.00691. The molecule has 0 radical (unpaired) electrons. The fraction of sp³-hybridized carbons (Fsp3) is 0.267. The molecule has 1 N–H and O–H groups in total. The maximum atomic E-state index is 14.3. The zero-order chi connectivity index (χ0) is 29.8. The van der Waals surface area contributed by atoms with Gasteiger partial charge in [0.1, 0.15) is 11.4 Å². The van der Waals surface area contributed by atoms with E-state index in [1.807, 2.05) is 4.90 Å². The molecule has 6 rings (SSSR count). The Balaban J connectivity index is 1.29. The highest BCUT2D eigenvalue weighted by molar-refractivity contribution is 5.96. The molecular formula is C30H26F4N6O2. The van der Waals surface area contributed by atoms with Gasteiger partial charge in [0.25, 0.3) is 5.91 Å². The molecule has 2 saturated heterocycles. The van der Waals surface area contributed by atoms with E-state index in [1.165, 1.54) is 16.9 Å². The second-order valence-electron chi connectivity index (χ2n) is 10.6. The molecule has 4 aromatic rings. The van der Waals surface area contributed by atoms with E-state index in [0.29, 0.717) is 35.2 Å². The number of piperidine rings is 1. The van der Waals surface area contributed by atoms with Crippen LogP contribution in [-0.2, 0) is 4.79 Å². The first kappa shape index (κ1) is 27.4. The number of nitrogens with zero attached hydrogens (tertiary/aromatic N) is 5. The summed E-state index contributed by atoms with van der Waals surface area (Å²) in [6, 6.07) is 9.88. The molecule has 2 aromatic carbocycles. The van der Waals surface area contributed by atoms with Crippen molar-refractivity contribution in [1.82, 2.24) is 25.0 Å². The van der Waals surface area contributed by atoms with E-state index in [4.69, 9.17) is 0 Å². The van der Waals surface area contributed by atoms with Crippen LogP contribution in [0, 0.1) is 37.1 Å². The first-order valence-electron chi connectivity index (χ1n) is 13.4. The summed E-state index contributed by atoms with van der Waals surface area (Å²) in [5, 5.41) is 7.25. The van der Waals surface area contributed by atoms with Crippen LogP contribution in [0.3, 0.4) is 0 Å². The Hall–Kier alpha value is -4.74. The van der Waals surface area contributed by atoms with Crippen molar-refractivity contribution in [1.29, 1.82) is 0 Å². The van der Waals surface area contributed by atoms with Gasteiger partial charge in [-0.3, -0.25) is 14.6 Å². The van der Waals surface area contributed by atoms with Crippen LogP contribution in [0.5, 0.6) is 0 Å². The predicted molar refractivity (Wildman–Crippen MR) is 146 cm³/mol. The summed E-state index contributed by atoms with van der Waals surface area (Å²) < 4.78 is 57.4. The molecule has 2 aliphatic rings. The van der Waals surface area contributed by atoms with Crippen LogP contribution >= 0.6 is 0 Å². The Morgan fingerprint density at radius 3 is 2.21 bits per heavy atom. The molecule has 8 nitrogen and oxygen atoms in total. The van der Waals surface area contributed by atoms with Gasteiger partial charge < -0.3 is 15.1 Å². The van der Waals surface area contributed by atoms with Crippen LogP contribution in [0.1, 0.15) is 34.5 Å². The van der Waals surface area contributed by atoms with E-state index in [0.717, 1.165) is 17.8 Å². The summed E-state index contributed by atoms with van der Waals surface area (Å²) in [5.41, 5.74) is 1.53. The number of rotatable bonds is 4. The van der Waals surface area contributed by atoms with Gasteiger partial charge in [-0.15, -0.1) is 0 Å². The molecule has 12 heteroatoms. The molecule has 0 aliphatic carbocycles. The summed E-state index contributed by atoms with van der Waals surface area (Å²) in [7, 11) is 0. The van der Waals surface area contributed by atoms with Crippen molar-refractivity contribution in [2.75, 3.05) is 24.7 Å². The molecule has 1 spiro atoms. The van der Waals surface area contributed by atoms with Crippen LogP contribution in [-0.4, -0.2) is 56.8 Å². The predicted octanol–water partition coefficient (Wildman–Crippen LogP) is 4.68. The Bertz CT molecular complexity index is 1670. The van der Waals surface area contributed by atoms with E-state index in [2.05, 4.69) is 15.4 Å². The zero-order valence-electron chi connectivity index (χ0n) is 22.8. The molecule has 2 amide bonds. The molecule has 216 valence electrons. The van der Waals surface area contributed by atoms with Gasteiger partial charge in [0.05, 0.1) is 18.1 Å². The van der Waals surface area contributed by atoms with Crippen molar-refractivity contribution in [3.63, 3.8) is 0 Å². The van der Waals surface area contributed by atoms with Gasteiger partial charge in [0.2, 0.25) is 5.91 Å². The van der Waals surface area contributed by atoms with Gasteiger partial charge in [-0.1, -0.05) is 0 Å². The molecule has 0 bridgehead atoms.